The monoisotopic (exact) mass is 222 g/mol. The molecule has 0 saturated heterocycles. The van der Waals surface area contributed by atoms with Crippen LogP contribution in [0.1, 0.15) is 52.4 Å². The van der Waals surface area contributed by atoms with E-state index in [1.807, 2.05) is 6.92 Å². The Hall–Kier alpha value is -1.04. The van der Waals surface area contributed by atoms with Crippen LogP contribution in [0.2, 0.25) is 0 Å². The Kier molecular flexibility index (Phi) is 5.31. The van der Waals surface area contributed by atoms with Gasteiger partial charge >= 0.3 is 0 Å². The van der Waals surface area contributed by atoms with Gasteiger partial charge in [0.1, 0.15) is 5.92 Å². The number of amides is 1. The summed E-state index contributed by atoms with van der Waals surface area (Å²) in [4.78, 5) is 11.8. The Labute approximate surface area is 98.2 Å². The lowest BCUT2D eigenvalue weighted by molar-refractivity contribution is -0.124. The highest BCUT2D eigenvalue weighted by atomic mass is 16.1. The number of nitriles is 1. The van der Waals surface area contributed by atoms with E-state index in [2.05, 4.69) is 18.3 Å². The Balaban J connectivity index is 2.36. The quantitative estimate of drug-likeness (QED) is 0.795. The van der Waals surface area contributed by atoms with Crippen molar-refractivity contribution in [3.05, 3.63) is 0 Å². The average molecular weight is 222 g/mol. The van der Waals surface area contributed by atoms with Crippen LogP contribution in [0.4, 0.5) is 0 Å². The molecular formula is C13H22N2O. The summed E-state index contributed by atoms with van der Waals surface area (Å²) in [5, 5.41) is 11.9. The van der Waals surface area contributed by atoms with Gasteiger partial charge < -0.3 is 5.32 Å². The zero-order chi connectivity index (χ0) is 12.0. The zero-order valence-corrected chi connectivity index (χ0v) is 10.3. The number of nitrogens with zero attached hydrogens (tertiary/aromatic N) is 1. The molecule has 0 bridgehead atoms. The van der Waals surface area contributed by atoms with Gasteiger partial charge in [-0.15, -0.1) is 0 Å². The molecular weight excluding hydrogens is 200 g/mol. The minimum Gasteiger partial charge on any atom is -0.352 e. The van der Waals surface area contributed by atoms with Crippen LogP contribution in [-0.4, -0.2) is 11.9 Å². The molecule has 16 heavy (non-hydrogen) atoms. The van der Waals surface area contributed by atoms with E-state index in [1.165, 1.54) is 12.8 Å². The molecule has 1 aliphatic rings. The normalized spacial score (nSPS) is 26.8. The molecule has 0 radical (unpaired) electrons. The third-order valence-electron chi connectivity index (χ3n) is 3.41. The van der Waals surface area contributed by atoms with Crippen LogP contribution in [-0.2, 0) is 4.79 Å². The van der Waals surface area contributed by atoms with Crippen molar-refractivity contribution in [1.29, 1.82) is 5.26 Å². The standard InChI is InChI=1S/C13H22N2O/c1-3-4-11(9-14)13(16)15-12-7-5-10(2)6-8-12/h10-12H,3-8H2,1-2H3,(H,15,16). The molecule has 1 saturated carbocycles. The number of hydrogen-bond donors (Lipinski definition) is 1. The van der Waals surface area contributed by atoms with Crippen LogP contribution < -0.4 is 5.32 Å². The summed E-state index contributed by atoms with van der Waals surface area (Å²) in [5.41, 5.74) is 0. The van der Waals surface area contributed by atoms with E-state index in [-0.39, 0.29) is 5.91 Å². The summed E-state index contributed by atoms with van der Waals surface area (Å²) in [5.74, 6) is 0.267. The lowest BCUT2D eigenvalue weighted by Gasteiger charge is -2.27. The van der Waals surface area contributed by atoms with Gasteiger partial charge in [-0.05, 0) is 38.0 Å². The number of nitrogens with one attached hydrogen (secondary N) is 1. The third kappa shape index (κ3) is 3.84. The van der Waals surface area contributed by atoms with E-state index in [1.54, 1.807) is 0 Å². The second kappa shape index (κ2) is 6.52. The van der Waals surface area contributed by atoms with Gasteiger partial charge in [-0.25, -0.2) is 0 Å². The number of rotatable bonds is 4. The summed E-state index contributed by atoms with van der Waals surface area (Å²) >= 11 is 0. The first kappa shape index (κ1) is 13.0. The van der Waals surface area contributed by atoms with E-state index in [9.17, 15) is 4.79 Å². The van der Waals surface area contributed by atoms with Gasteiger partial charge in [-0.1, -0.05) is 20.3 Å². The van der Waals surface area contributed by atoms with Crippen molar-refractivity contribution >= 4 is 5.91 Å². The first-order valence-corrected chi connectivity index (χ1v) is 6.37. The molecule has 0 spiro atoms. The van der Waals surface area contributed by atoms with Crippen molar-refractivity contribution in [2.75, 3.05) is 0 Å². The number of carbonyl (C=O) groups excluding carboxylic acids is 1. The Bertz CT molecular complexity index is 262. The number of hydrogen-bond acceptors (Lipinski definition) is 2. The first-order valence-electron chi connectivity index (χ1n) is 6.37. The van der Waals surface area contributed by atoms with Crippen molar-refractivity contribution in [2.45, 2.75) is 58.4 Å². The van der Waals surface area contributed by atoms with Crippen molar-refractivity contribution < 1.29 is 4.79 Å². The summed E-state index contributed by atoms with van der Waals surface area (Å²) < 4.78 is 0. The van der Waals surface area contributed by atoms with E-state index >= 15 is 0 Å². The SMILES string of the molecule is CCCC(C#N)C(=O)NC1CCC(C)CC1. The molecule has 3 heteroatoms. The smallest absolute Gasteiger partial charge is 0.237 e. The largest absolute Gasteiger partial charge is 0.352 e. The molecule has 0 heterocycles. The molecule has 1 amide bonds. The Morgan fingerprint density at radius 1 is 1.44 bits per heavy atom. The predicted octanol–water partition coefficient (Wildman–Crippen LogP) is 2.62. The lowest BCUT2D eigenvalue weighted by Crippen LogP contribution is -2.40. The fourth-order valence-corrected chi connectivity index (χ4v) is 2.25. The second-order valence-electron chi connectivity index (χ2n) is 4.94. The van der Waals surface area contributed by atoms with Crippen LogP contribution >= 0.6 is 0 Å². The molecule has 1 aliphatic carbocycles. The molecule has 0 aromatic carbocycles. The molecule has 90 valence electrons. The van der Waals surface area contributed by atoms with Crippen molar-refractivity contribution in [3.8, 4) is 6.07 Å². The first-order chi connectivity index (χ1) is 7.67. The lowest BCUT2D eigenvalue weighted by atomic mass is 9.87. The Morgan fingerprint density at radius 2 is 2.06 bits per heavy atom. The molecule has 1 rings (SSSR count). The van der Waals surface area contributed by atoms with E-state index < -0.39 is 5.92 Å². The molecule has 0 aliphatic heterocycles. The summed E-state index contributed by atoms with van der Waals surface area (Å²) in [6.07, 6.45) is 6.07. The molecule has 1 fully saturated rings. The second-order valence-corrected chi connectivity index (χ2v) is 4.94. The fourth-order valence-electron chi connectivity index (χ4n) is 2.25. The highest BCUT2D eigenvalue weighted by molar-refractivity contribution is 5.81. The minimum atomic E-state index is -0.454. The van der Waals surface area contributed by atoms with E-state index in [0.717, 1.165) is 25.2 Å². The van der Waals surface area contributed by atoms with Crippen LogP contribution in [0.5, 0.6) is 0 Å². The molecule has 0 aromatic rings. The van der Waals surface area contributed by atoms with Gasteiger partial charge in [0.05, 0.1) is 6.07 Å². The van der Waals surface area contributed by atoms with E-state index in [4.69, 9.17) is 5.26 Å². The molecule has 1 atom stereocenters. The average Bonchev–Trinajstić information content (AvgIpc) is 2.29. The zero-order valence-electron chi connectivity index (χ0n) is 10.3. The fraction of sp³-hybridized carbons (Fsp3) is 0.846. The maximum Gasteiger partial charge on any atom is 0.237 e. The van der Waals surface area contributed by atoms with Crippen LogP contribution in [0.25, 0.3) is 0 Å². The molecule has 0 aromatic heterocycles. The van der Waals surface area contributed by atoms with Gasteiger partial charge in [0, 0.05) is 6.04 Å². The predicted molar refractivity (Wildman–Crippen MR) is 63.6 cm³/mol. The summed E-state index contributed by atoms with van der Waals surface area (Å²) in [6, 6.07) is 2.39. The van der Waals surface area contributed by atoms with Gasteiger partial charge in [0.15, 0.2) is 0 Å². The van der Waals surface area contributed by atoms with Crippen molar-refractivity contribution in [2.24, 2.45) is 11.8 Å². The topological polar surface area (TPSA) is 52.9 Å². The van der Waals surface area contributed by atoms with Gasteiger partial charge in [-0.3, -0.25) is 4.79 Å². The maximum absolute atomic E-state index is 11.8. The van der Waals surface area contributed by atoms with Crippen molar-refractivity contribution in [1.82, 2.24) is 5.32 Å². The van der Waals surface area contributed by atoms with Crippen LogP contribution in [0.3, 0.4) is 0 Å². The van der Waals surface area contributed by atoms with Crippen molar-refractivity contribution in [3.63, 3.8) is 0 Å². The molecule has 3 nitrogen and oxygen atoms in total. The minimum absolute atomic E-state index is 0.0658. The molecule has 1 N–H and O–H groups in total. The Morgan fingerprint density at radius 3 is 2.56 bits per heavy atom. The van der Waals surface area contributed by atoms with Gasteiger partial charge in [0.25, 0.3) is 0 Å². The number of carbonyl (C=O) groups is 1. The van der Waals surface area contributed by atoms with Gasteiger partial charge in [-0.2, -0.15) is 5.26 Å². The van der Waals surface area contributed by atoms with Crippen LogP contribution in [0, 0.1) is 23.2 Å². The maximum atomic E-state index is 11.8. The highest BCUT2D eigenvalue weighted by Crippen LogP contribution is 2.23. The van der Waals surface area contributed by atoms with Gasteiger partial charge in [0.2, 0.25) is 5.91 Å². The molecule has 1 unspecified atom stereocenters. The summed E-state index contributed by atoms with van der Waals surface area (Å²) in [7, 11) is 0. The third-order valence-corrected chi connectivity index (χ3v) is 3.41. The van der Waals surface area contributed by atoms with Crippen LogP contribution in [0.15, 0.2) is 0 Å². The summed E-state index contributed by atoms with van der Waals surface area (Å²) in [6.45, 7) is 4.26. The highest BCUT2D eigenvalue weighted by Gasteiger charge is 2.23. The van der Waals surface area contributed by atoms with E-state index in [0.29, 0.717) is 12.5 Å².